The summed E-state index contributed by atoms with van der Waals surface area (Å²) < 4.78 is 10.7. The van der Waals surface area contributed by atoms with Crippen molar-refractivity contribution in [2.45, 2.75) is 6.92 Å². The molecule has 0 amide bonds. The fourth-order valence-electron chi connectivity index (χ4n) is 2.08. The molecule has 2 aromatic heterocycles. The maximum Gasteiger partial charge on any atom is 0.343 e. The van der Waals surface area contributed by atoms with Crippen molar-refractivity contribution in [3.63, 3.8) is 0 Å². The van der Waals surface area contributed by atoms with Crippen LogP contribution in [0.4, 0.5) is 0 Å². The van der Waals surface area contributed by atoms with Crippen molar-refractivity contribution >= 4 is 16.9 Å². The largest absolute Gasteiger partial charge is 0.477 e. The molecular formula is C15H10O5. The van der Waals surface area contributed by atoms with E-state index in [1.165, 1.54) is 6.26 Å². The molecule has 1 N–H and O–H groups in total. The Kier molecular flexibility index (Phi) is 2.68. The Hall–Kier alpha value is -2.82. The van der Waals surface area contributed by atoms with E-state index in [9.17, 15) is 14.7 Å². The summed E-state index contributed by atoms with van der Waals surface area (Å²) in [4.78, 5) is 23.7. The van der Waals surface area contributed by atoms with E-state index in [0.29, 0.717) is 5.58 Å². The molecule has 2 heterocycles. The molecule has 0 bridgehead atoms. The number of carbonyl (C=O) groups is 1. The van der Waals surface area contributed by atoms with Crippen molar-refractivity contribution in [1.29, 1.82) is 0 Å². The Balaban J connectivity index is 2.46. The normalized spacial score (nSPS) is 10.8. The van der Waals surface area contributed by atoms with E-state index in [4.69, 9.17) is 8.83 Å². The third-order valence-corrected chi connectivity index (χ3v) is 3.00. The zero-order chi connectivity index (χ0) is 14.3. The maximum atomic E-state index is 12.4. The summed E-state index contributed by atoms with van der Waals surface area (Å²) in [6.07, 6.45) is 1.39. The first kappa shape index (κ1) is 12.2. The maximum absolute atomic E-state index is 12.4. The molecule has 1 aromatic carbocycles. The second kappa shape index (κ2) is 4.38. The van der Waals surface area contributed by atoms with Gasteiger partial charge in [0.2, 0.25) is 5.43 Å². The highest BCUT2D eigenvalue weighted by Crippen LogP contribution is 2.26. The van der Waals surface area contributed by atoms with Crippen LogP contribution in [0.2, 0.25) is 0 Å². The highest BCUT2D eigenvalue weighted by Gasteiger charge is 2.23. The first-order valence-corrected chi connectivity index (χ1v) is 5.92. The Morgan fingerprint density at radius 3 is 2.70 bits per heavy atom. The number of rotatable bonds is 2. The van der Waals surface area contributed by atoms with Gasteiger partial charge in [-0.2, -0.15) is 0 Å². The van der Waals surface area contributed by atoms with Crippen LogP contribution < -0.4 is 5.43 Å². The molecule has 100 valence electrons. The molecule has 0 radical (unpaired) electrons. The standard InChI is InChI=1S/C15H10O5/c1-8-4-5-10-9(7-8)13(16)12(15(17)18)14(20-10)11-3-2-6-19-11/h2-7H,1H3,(H,17,18). The van der Waals surface area contributed by atoms with E-state index in [1.54, 1.807) is 30.3 Å². The summed E-state index contributed by atoms with van der Waals surface area (Å²) in [5.41, 5.74) is 0.191. The quantitative estimate of drug-likeness (QED) is 0.774. The minimum Gasteiger partial charge on any atom is -0.477 e. The van der Waals surface area contributed by atoms with Crippen LogP contribution in [0.3, 0.4) is 0 Å². The number of benzene rings is 1. The average Bonchev–Trinajstić information content (AvgIpc) is 2.92. The van der Waals surface area contributed by atoms with Gasteiger partial charge in [0.25, 0.3) is 0 Å². The second-order valence-corrected chi connectivity index (χ2v) is 4.42. The van der Waals surface area contributed by atoms with E-state index in [1.807, 2.05) is 6.92 Å². The van der Waals surface area contributed by atoms with Crippen LogP contribution in [0, 0.1) is 6.92 Å². The zero-order valence-corrected chi connectivity index (χ0v) is 10.5. The molecule has 0 unspecified atom stereocenters. The third-order valence-electron chi connectivity index (χ3n) is 3.00. The van der Waals surface area contributed by atoms with Crippen molar-refractivity contribution < 1.29 is 18.7 Å². The molecule has 5 heteroatoms. The lowest BCUT2D eigenvalue weighted by Crippen LogP contribution is -2.16. The monoisotopic (exact) mass is 270 g/mol. The minimum atomic E-state index is -1.34. The topological polar surface area (TPSA) is 80.7 Å². The summed E-state index contributed by atoms with van der Waals surface area (Å²) in [7, 11) is 0. The van der Waals surface area contributed by atoms with Gasteiger partial charge in [0.15, 0.2) is 17.1 Å². The summed E-state index contributed by atoms with van der Waals surface area (Å²) in [6.45, 7) is 1.82. The SMILES string of the molecule is Cc1ccc2oc(-c3ccco3)c(C(=O)O)c(=O)c2c1. The molecule has 0 aliphatic rings. The van der Waals surface area contributed by atoms with Gasteiger partial charge in [0.1, 0.15) is 5.58 Å². The van der Waals surface area contributed by atoms with Crippen LogP contribution in [-0.4, -0.2) is 11.1 Å². The van der Waals surface area contributed by atoms with E-state index < -0.39 is 17.0 Å². The Labute approximate surface area is 113 Å². The number of aromatic carboxylic acids is 1. The molecule has 0 saturated carbocycles. The molecule has 0 fully saturated rings. The van der Waals surface area contributed by atoms with Crippen molar-refractivity contribution in [3.8, 4) is 11.5 Å². The van der Waals surface area contributed by atoms with Gasteiger partial charge in [-0.3, -0.25) is 4.79 Å². The predicted molar refractivity (Wildman–Crippen MR) is 71.9 cm³/mol. The van der Waals surface area contributed by atoms with E-state index in [0.717, 1.165) is 5.56 Å². The number of furan rings is 1. The highest BCUT2D eigenvalue weighted by atomic mass is 16.4. The van der Waals surface area contributed by atoms with Crippen LogP contribution in [0.25, 0.3) is 22.5 Å². The van der Waals surface area contributed by atoms with Gasteiger partial charge in [-0.05, 0) is 31.2 Å². The van der Waals surface area contributed by atoms with Gasteiger partial charge < -0.3 is 13.9 Å². The smallest absolute Gasteiger partial charge is 0.343 e. The van der Waals surface area contributed by atoms with Gasteiger partial charge in [-0.15, -0.1) is 0 Å². The Bertz CT molecular complexity index is 856. The van der Waals surface area contributed by atoms with Crippen LogP contribution in [0.5, 0.6) is 0 Å². The fourth-order valence-corrected chi connectivity index (χ4v) is 2.08. The van der Waals surface area contributed by atoms with E-state index in [-0.39, 0.29) is 16.9 Å². The van der Waals surface area contributed by atoms with Crippen molar-refractivity contribution in [2.75, 3.05) is 0 Å². The second-order valence-electron chi connectivity index (χ2n) is 4.42. The lowest BCUT2D eigenvalue weighted by atomic mass is 10.1. The summed E-state index contributed by atoms with van der Waals surface area (Å²) in [5.74, 6) is -1.20. The molecule has 0 aliphatic carbocycles. The Morgan fingerprint density at radius 2 is 2.05 bits per heavy atom. The Morgan fingerprint density at radius 1 is 1.25 bits per heavy atom. The summed E-state index contributed by atoms with van der Waals surface area (Å²) in [5, 5.41) is 9.52. The van der Waals surface area contributed by atoms with Gasteiger partial charge in [0.05, 0.1) is 11.6 Å². The van der Waals surface area contributed by atoms with Gasteiger partial charge in [-0.1, -0.05) is 11.6 Å². The van der Waals surface area contributed by atoms with Crippen LogP contribution >= 0.6 is 0 Å². The first-order chi connectivity index (χ1) is 9.58. The van der Waals surface area contributed by atoms with E-state index in [2.05, 4.69) is 0 Å². The van der Waals surface area contributed by atoms with Crippen LogP contribution in [-0.2, 0) is 0 Å². The third kappa shape index (κ3) is 1.80. The zero-order valence-electron chi connectivity index (χ0n) is 10.5. The average molecular weight is 270 g/mol. The molecule has 3 rings (SSSR count). The summed E-state index contributed by atoms with van der Waals surface area (Å²) >= 11 is 0. The number of fused-ring (bicyclic) bond motifs is 1. The first-order valence-electron chi connectivity index (χ1n) is 5.92. The number of hydrogen-bond donors (Lipinski definition) is 1. The fraction of sp³-hybridized carbons (Fsp3) is 0.0667. The highest BCUT2D eigenvalue weighted by molar-refractivity contribution is 5.97. The molecule has 0 atom stereocenters. The van der Waals surface area contributed by atoms with Crippen molar-refractivity contribution in [1.82, 2.24) is 0 Å². The molecule has 20 heavy (non-hydrogen) atoms. The lowest BCUT2D eigenvalue weighted by Gasteiger charge is -2.05. The van der Waals surface area contributed by atoms with Crippen LogP contribution in [0.15, 0.2) is 50.2 Å². The van der Waals surface area contributed by atoms with Gasteiger partial charge in [-0.25, -0.2) is 4.79 Å². The molecule has 0 spiro atoms. The number of aryl methyl sites for hydroxylation is 1. The number of carboxylic acid groups (broad SMARTS) is 1. The van der Waals surface area contributed by atoms with Gasteiger partial charge in [0, 0.05) is 0 Å². The van der Waals surface area contributed by atoms with Crippen LogP contribution in [0.1, 0.15) is 15.9 Å². The molecule has 5 nitrogen and oxygen atoms in total. The molecular weight excluding hydrogens is 260 g/mol. The predicted octanol–water partition coefficient (Wildman–Crippen LogP) is 3.06. The molecule has 0 aliphatic heterocycles. The molecule has 3 aromatic rings. The summed E-state index contributed by atoms with van der Waals surface area (Å²) in [6, 6.07) is 8.19. The molecule has 0 saturated heterocycles. The van der Waals surface area contributed by atoms with E-state index >= 15 is 0 Å². The number of carboxylic acids is 1. The minimum absolute atomic E-state index is 0.0659. The van der Waals surface area contributed by atoms with Gasteiger partial charge >= 0.3 is 5.97 Å². The number of hydrogen-bond acceptors (Lipinski definition) is 4. The lowest BCUT2D eigenvalue weighted by molar-refractivity contribution is 0.0694. The van der Waals surface area contributed by atoms with Crippen molar-refractivity contribution in [2.24, 2.45) is 0 Å². The van der Waals surface area contributed by atoms with Crippen molar-refractivity contribution in [3.05, 3.63) is 57.9 Å².